The van der Waals surface area contributed by atoms with Crippen LogP contribution in [0.1, 0.15) is 26.4 Å². The summed E-state index contributed by atoms with van der Waals surface area (Å²) in [6.45, 7) is 2.68. The van der Waals surface area contributed by atoms with Gasteiger partial charge in [0.15, 0.2) is 0 Å². The van der Waals surface area contributed by atoms with Crippen LogP contribution >= 0.6 is 45.9 Å². The van der Waals surface area contributed by atoms with Crippen LogP contribution in [-0.2, 0) is 19.5 Å². The molecule has 1 N–H and O–H groups in total. The second-order valence-corrected chi connectivity index (χ2v) is 11.7. The predicted molar refractivity (Wildman–Crippen MR) is 152 cm³/mol. The van der Waals surface area contributed by atoms with E-state index in [4.69, 9.17) is 28.2 Å². The maximum absolute atomic E-state index is 13.3. The number of benzene rings is 3. The number of rotatable bonds is 5. The molecule has 180 valence electrons. The van der Waals surface area contributed by atoms with Crippen molar-refractivity contribution in [1.82, 2.24) is 9.88 Å². The van der Waals surface area contributed by atoms with Gasteiger partial charge in [0, 0.05) is 35.1 Å². The second kappa shape index (κ2) is 9.96. The van der Waals surface area contributed by atoms with E-state index in [9.17, 15) is 4.79 Å². The minimum Gasteiger partial charge on any atom is -0.313 e. The van der Waals surface area contributed by atoms with E-state index in [2.05, 4.69) is 40.5 Å². The van der Waals surface area contributed by atoms with Crippen molar-refractivity contribution >= 4 is 67.0 Å². The zero-order chi connectivity index (χ0) is 24.6. The molecule has 1 aliphatic rings. The number of hydrogen-bond donors (Lipinski definition) is 1. The number of halogens is 2. The van der Waals surface area contributed by atoms with E-state index in [1.165, 1.54) is 16.0 Å². The summed E-state index contributed by atoms with van der Waals surface area (Å²) in [6, 6.07) is 23.6. The summed E-state index contributed by atoms with van der Waals surface area (Å²) in [5.74, 6) is -0.274. The molecule has 0 fully saturated rings. The summed E-state index contributed by atoms with van der Waals surface area (Å²) >= 11 is 15.8. The molecule has 0 aliphatic carbocycles. The van der Waals surface area contributed by atoms with Crippen LogP contribution in [-0.4, -0.2) is 22.3 Å². The molecule has 0 spiro atoms. The number of nitrogens with one attached hydrogen (secondary N) is 1. The molecule has 3 aromatic carbocycles. The average Bonchev–Trinajstić information content (AvgIpc) is 3.46. The van der Waals surface area contributed by atoms with Gasteiger partial charge < -0.3 is 5.32 Å². The molecule has 3 heterocycles. The first-order chi connectivity index (χ1) is 17.5. The lowest BCUT2D eigenvalue weighted by molar-refractivity contribution is 0.102. The van der Waals surface area contributed by atoms with Gasteiger partial charge in [-0.05, 0) is 47.9 Å². The van der Waals surface area contributed by atoms with Gasteiger partial charge in [0.25, 0.3) is 5.91 Å². The number of thiophene rings is 1. The molecule has 0 bridgehead atoms. The number of amides is 1. The minimum absolute atomic E-state index is 0.274. The van der Waals surface area contributed by atoms with Crippen LogP contribution in [0.5, 0.6) is 0 Å². The van der Waals surface area contributed by atoms with Gasteiger partial charge in [0.2, 0.25) is 0 Å². The van der Waals surface area contributed by atoms with E-state index in [-0.39, 0.29) is 5.91 Å². The number of thiazole rings is 1. The van der Waals surface area contributed by atoms with Gasteiger partial charge in [-0.2, -0.15) is 0 Å². The Morgan fingerprint density at radius 1 is 1.00 bits per heavy atom. The zero-order valence-electron chi connectivity index (χ0n) is 19.1. The highest BCUT2D eigenvalue weighted by Gasteiger charge is 2.28. The molecule has 0 saturated heterocycles. The molecule has 0 radical (unpaired) electrons. The first kappa shape index (κ1) is 23.6. The standard InChI is InChI=1S/C28H21Cl2N3OS2/c29-18-10-11-21(30)20(14-18)26(34)32-28-25(27-31-22-8-4-5-9-23(22)35-27)19-12-13-33(16-24(19)36-28)15-17-6-2-1-3-7-17/h1-11,14H,12-13,15-16H2,(H,32,34). The smallest absolute Gasteiger partial charge is 0.257 e. The van der Waals surface area contributed by atoms with Gasteiger partial charge in [-0.3, -0.25) is 9.69 Å². The first-order valence-electron chi connectivity index (χ1n) is 11.6. The van der Waals surface area contributed by atoms with E-state index in [0.717, 1.165) is 51.8 Å². The van der Waals surface area contributed by atoms with Gasteiger partial charge in [0.1, 0.15) is 10.0 Å². The third-order valence-electron chi connectivity index (χ3n) is 6.29. The third-order valence-corrected chi connectivity index (χ3v) is 9.04. The third kappa shape index (κ3) is 4.67. The monoisotopic (exact) mass is 549 g/mol. The van der Waals surface area contributed by atoms with E-state index < -0.39 is 0 Å². The van der Waals surface area contributed by atoms with E-state index in [1.54, 1.807) is 40.9 Å². The molecule has 4 nitrogen and oxygen atoms in total. The van der Waals surface area contributed by atoms with Crippen molar-refractivity contribution in [1.29, 1.82) is 0 Å². The number of aromatic nitrogens is 1. The molecule has 8 heteroatoms. The van der Waals surface area contributed by atoms with Crippen LogP contribution in [0.25, 0.3) is 20.8 Å². The van der Waals surface area contributed by atoms with E-state index >= 15 is 0 Å². The second-order valence-electron chi connectivity index (χ2n) is 8.72. The zero-order valence-corrected chi connectivity index (χ0v) is 22.3. The van der Waals surface area contributed by atoms with Crippen molar-refractivity contribution in [2.45, 2.75) is 19.5 Å². The van der Waals surface area contributed by atoms with Crippen LogP contribution in [0, 0.1) is 0 Å². The van der Waals surface area contributed by atoms with Gasteiger partial charge in [-0.1, -0.05) is 65.7 Å². The number of nitrogens with zero attached hydrogens (tertiary/aromatic N) is 2. The Hall–Kier alpha value is -2.74. The number of fused-ring (bicyclic) bond motifs is 2. The summed E-state index contributed by atoms with van der Waals surface area (Å²) in [7, 11) is 0. The van der Waals surface area contributed by atoms with Crippen LogP contribution in [0.3, 0.4) is 0 Å². The molecule has 6 rings (SSSR count). The van der Waals surface area contributed by atoms with Crippen LogP contribution in [0.15, 0.2) is 72.8 Å². The van der Waals surface area contributed by atoms with Crippen molar-refractivity contribution in [3.63, 3.8) is 0 Å². The average molecular weight is 551 g/mol. The lowest BCUT2D eigenvalue weighted by atomic mass is 10.0. The Balaban J connectivity index is 1.38. The molecule has 36 heavy (non-hydrogen) atoms. The summed E-state index contributed by atoms with van der Waals surface area (Å²) in [5, 5.41) is 5.72. The van der Waals surface area contributed by atoms with Gasteiger partial charge in [-0.15, -0.1) is 22.7 Å². The summed E-state index contributed by atoms with van der Waals surface area (Å²) in [6.07, 6.45) is 0.901. The van der Waals surface area contributed by atoms with Gasteiger partial charge in [-0.25, -0.2) is 4.98 Å². The summed E-state index contributed by atoms with van der Waals surface area (Å²) in [4.78, 5) is 21.9. The van der Waals surface area contributed by atoms with Gasteiger partial charge >= 0.3 is 0 Å². The van der Waals surface area contributed by atoms with Crippen LogP contribution in [0.4, 0.5) is 5.00 Å². The molecule has 1 aliphatic heterocycles. The topological polar surface area (TPSA) is 45.2 Å². The van der Waals surface area contributed by atoms with Crippen molar-refractivity contribution in [2.24, 2.45) is 0 Å². The van der Waals surface area contributed by atoms with Crippen molar-refractivity contribution in [3.8, 4) is 10.6 Å². The Morgan fingerprint density at radius 3 is 2.64 bits per heavy atom. The molecule has 1 amide bonds. The lowest BCUT2D eigenvalue weighted by Crippen LogP contribution is -2.29. The molecule has 0 saturated carbocycles. The van der Waals surface area contributed by atoms with Crippen LogP contribution < -0.4 is 5.32 Å². The first-order valence-corrected chi connectivity index (χ1v) is 14.0. The molecule has 0 unspecified atom stereocenters. The Kier molecular flexibility index (Phi) is 6.54. The fraction of sp³-hybridized carbons (Fsp3) is 0.143. The number of carbonyl (C=O) groups is 1. The number of carbonyl (C=O) groups excluding carboxylic acids is 1. The lowest BCUT2D eigenvalue weighted by Gasteiger charge is -2.27. The van der Waals surface area contributed by atoms with Crippen LogP contribution in [0.2, 0.25) is 10.0 Å². The minimum atomic E-state index is -0.274. The Bertz CT molecular complexity index is 1550. The number of anilines is 1. The van der Waals surface area contributed by atoms with Crippen molar-refractivity contribution < 1.29 is 4.79 Å². The Morgan fingerprint density at radius 2 is 1.81 bits per heavy atom. The normalized spacial score (nSPS) is 13.6. The number of para-hydroxylation sites is 1. The highest BCUT2D eigenvalue weighted by molar-refractivity contribution is 7.23. The van der Waals surface area contributed by atoms with E-state index in [1.807, 2.05) is 24.3 Å². The largest absolute Gasteiger partial charge is 0.313 e. The molecular formula is C28H21Cl2N3OS2. The number of hydrogen-bond acceptors (Lipinski definition) is 5. The maximum Gasteiger partial charge on any atom is 0.257 e. The highest BCUT2D eigenvalue weighted by Crippen LogP contribution is 2.46. The van der Waals surface area contributed by atoms with Gasteiger partial charge in [0.05, 0.1) is 20.8 Å². The Labute approximate surface area is 227 Å². The molecule has 2 aromatic heterocycles. The fourth-order valence-corrected chi connectivity index (χ4v) is 7.34. The molecule has 0 atom stereocenters. The summed E-state index contributed by atoms with van der Waals surface area (Å²) < 4.78 is 1.13. The quantitative estimate of drug-likeness (QED) is 0.240. The highest BCUT2D eigenvalue weighted by atomic mass is 35.5. The summed E-state index contributed by atoms with van der Waals surface area (Å²) in [5.41, 5.74) is 4.93. The van der Waals surface area contributed by atoms with Crippen molar-refractivity contribution in [3.05, 3.63) is 104 Å². The fourth-order valence-electron chi connectivity index (χ4n) is 4.57. The molecular weight excluding hydrogens is 529 g/mol. The molecule has 5 aromatic rings. The SMILES string of the molecule is O=C(Nc1sc2c(c1-c1nc3ccccc3s1)CCN(Cc1ccccc1)C2)c1cc(Cl)ccc1Cl. The van der Waals surface area contributed by atoms with E-state index in [0.29, 0.717) is 15.6 Å². The van der Waals surface area contributed by atoms with Crippen molar-refractivity contribution in [2.75, 3.05) is 11.9 Å². The maximum atomic E-state index is 13.3. The predicted octanol–water partition coefficient (Wildman–Crippen LogP) is 8.14.